The molecule has 0 N–H and O–H groups in total. The monoisotopic (exact) mass is 394 g/mol. The van der Waals surface area contributed by atoms with E-state index in [2.05, 4.69) is 4.98 Å². The van der Waals surface area contributed by atoms with Crippen LogP contribution in [0.3, 0.4) is 0 Å². The number of hydrogen-bond donors (Lipinski definition) is 0. The second-order valence-corrected chi connectivity index (χ2v) is 7.92. The van der Waals surface area contributed by atoms with Crippen molar-refractivity contribution in [2.45, 2.75) is 6.92 Å². The molecule has 0 bridgehead atoms. The number of carbonyl (C=O) groups is 1. The summed E-state index contributed by atoms with van der Waals surface area (Å²) < 4.78 is 18.3. The van der Waals surface area contributed by atoms with E-state index in [-0.39, 0.29) is 12.5 Å². The fourth-order valence-corrected chi connectivity index (χ4v) is 4.53. The van der Waals surface area contributed by atoms with Gasteiger partial charge in [-0.2, -0.15) is 0 Å². The third kappa shape index (κ3) is 4.15. The zero-order valence-electron chi connectivity index (χ0n) is 15.1. The molecule has 1 amide bonds. The molecule has 3 rings (SSSR count). The van der Waals surface area contributed by atoms with Crippen molar-refractivity contribution < 1.29 is 19.0 Å². The summed E-state index contributed by atoms with van der Waals surface area (Å²) in [4.78, 5) is 18.9. The average molecular weight is 395 g/mol. The number of rotatable bonds is 9. The molecular weight excluding hydrogens is 372 g/mol. The highest BCUT2D eigenvalue weighted by atomic mass is 32.1. The van der Waals surface area contributed by atoms with Crippen molar-refractivity contribution in [3.63, 3.8) is 0 Å². The summed E-state index contributed by atoms with van der Waals surface area (Å²) >= 11 is 3.28. The Hall–Kier alpha value is -1.74. The van der Waals surface area contributed by atoms with Gasteiger partial charge in [-0.15, -0.1) is 22.7 Å². The lowest BCUT2D eigenvalue weighted by atomic mass is 10.2. The van der Waals surface area contributed by atoms with Crippen molar-refractivity contribution in [3.05, 3.63) is 22.5 Å². The minimum atomic E-state index is -0.0805. The Kier molecular flexibility index (Phi) is 6.42. The number of thiazole rings is 1. The molecule has 0 saturated heterocycles. The first kappa shape index (κ1) is 19.0. The molecule has 3 aromatic rings. The number of benzene rings is 1. The highest BCUT2D eigenvalue weighted by Gasteiger charge is 2.17. The molecule has 0 atom stereocenters. The third-order valence-corrected chi connectivity index (χ3v) is 5.84. The van der Waals surface area contributed by atoms with Gasteiger partial charge < -0.3 is 19.1 Å². The van der Waals surface area contributed by atoms with Gasteiger partial charge in [-0.25, -0.2) is 4.98 Å². The van der Waals surface area contributed by atoms with Crippen LogP contribution in [0.25, 0.3) is 20.3 Å². The smallest absolute Gasteiger partial charge is 0.260 e. The number of carbonyl (C=O) groups excluding carboxylic acids is 1. The second kappa shape index (κ2) is 8.77. The van der Waals surface area contributed by atoms with Gasteiger partial charge in [0.05, 0.1) is 33.1 Å². The fourth-order valence-electron chi connectivity index (χ4n) is 2.70. The van der Waals surface area contributed by atoms with Crippen LogP contribution >= 0.6 is 22.7 Å². The summed E-state index contributed by atoms with van der Waals surface area (Å²) in [5.74, 6) is 0.646. The average Bonchev–Trinajstić information content (AvgIpc) is 3.25. The van der Waals surface area contributed by atoms with Crippen LogP contribution in [-0.4, -0.2) is 62.9 Å². The summed E-state index contributed by atoms with van der Waals surface area (Å²) in [7, 11) is 3.24. The zero-order chi connectivity index (χ0) is 18.5. The SMILES string of the molecule is COCCN(CCOC)C(=O)COc1cc2sc(C)nc2c2sccc12. The molecule has 1 aromatic carbocycles. The Bertz CT molecular complexity index is 882. The number of ether oxygens (including phenoxy) is 3. The van der Waals surface area contributed by atoms with Crippen molar-refractivity contribution in [1.29, 1.82) is 0 Å². The van der Waals surface area contributed by atoms with Gasteiger partial charge in [0, 0.05) is 38.8 Å². The first-order valence-corrected chi connectivity index (χ1v) is 9.99. The van der Waals surface area contributed by atoms with E-state index >= 15 is 0 Å². The summed E-state index contributed by atoms with van der Waals surface area (Å²) in [5.41, 5.74) is 1.01. The largest absolute Gasteiger partial charge is 0.483 e. The molecule has 0 saturated carbocycles. The van der Waals surface area contributed by atoms with E-state index in [1.807, 2.05) is 24.4 Å². The molecule has 26 heavy (non-hydrogen) atoms. The summed E-state index contributed by atoms with van der Waals surface area (Å²) in [5, 5.41) is 4.05. The number of aryl methyl sites for hydroxylation is 1. The maximum atomic E-state index is 12.6. The van der Waals surface area contributed by atoms with Crippen LogP contribution in [0.2, 0.25) is 0 Å². The Balaban J connectivity index is 1.76. The van der Waals surface area contributed by atoms with E-state index < -0.39 is 0 Å². The molecule has 6 nitrogen and oxygen atoms in total. The molecule has 0 unspecified atom stereocenters. The van der Waals surface area contributed by atoms with Crippen LogP contribution in [0.1, 0.15) is 5.01 Å². The molecule has 8 heteroatoms. The number of aromatic nitrogens is 1. The molecule has 0 aliphatic heterocycles. The molecule has 2 aromatic heterocycles. The molecule has 0 aliphatic carbocycles. The third-order valence-electron chi connectivity index (χ3n) is 4.00. The Morgan fingerprint density at radius 1 is 1.23 bits per heavy atom. The van der Waals surface area contributed by atoms with E-state index in [1.54, 1.807) is 41.8 Å². The highest BCUT2D eigenvalue weighted by molar-refractivity contribution is 7.21. The topological polar surface area (TPSA) is 60.9 Å². The minimum absolute atomic E-state index is 0.0122. The highest BCUT2D eigenvalue weighted by Crippen LogP contribution is 2.38. The molecule has 0 radical (unpaired) electrons. The quantitative estimate of drug-likeness (QED) is 0.557. The standard InChI is InChI=1S/C18H22N2O4S2/c1-12-19-17-15(26-12)10-14(13-4-9-25-18(13)17)24-11-16(21)20(5-7-22-2)6-8-23-3/h4,9-10H,5-8,11H2,1-3H3. The molecule has 0 aliphatic rings. The number of methoxy groups -OCH3 is 2. The summed E-state index contributed by atoms with van der Waals surface area (Å²) in [6.07, 6.45) is 0. The number of nitrogens with zero attached hydrogens (tertiary/aromatic N) is 2. The van der Waals surface area contributed by atoms with E-state index in [1.165, 1.54) is 0 Å². The van der Waals surface area contributed by atoms with E-state index in [0.29, 0.717) is 26.3 Å². The Morgan fingerprint density at radius 2 is 1.96 bits per heavy atom. The number of amides is 1. The van der Waals surface area contributed by atoms with E-state index in [9.17, 15) is 4.79 Å². The number of thiophene rings is 1. The summed E-state index contributed by atoms with van der Waals surface area (Å²) in [6.45, 7) is 3.98. The van der Waals surface area contributed by atoms with Crippen LogP contribution in [0.15, 0.2) is 17.5 Å². The van der Waals surface area contributed by atoms with Gasteiger partial charge in [0.2, 0.25) is 0 Å². The Morgan fingerprint density at radius 3 is 2.65 bits per heavy atom. The fraction of sp³-hybridized carbons (Fsp3) is 0.444. The first-order chi connectivity index (χ1) is 12.6. The van der Waals surface area contributed by atoms with Crippen molar-refractivity contribution in [3.8, 4) is 5.75 Å². The molecule has 2 heterocycles. The molecular formula is C18H22N2O4S2. The van der Waals surface area contributed by atoms with E-state index in [0.717, 1.165) is 31.1 Å². The van der Waals surface area contributed by atoms with Crippen molar-refractivity contribution in [2.75, 3.05) is 47.1 Å². The lowest BCUT2D eigenvalue weighted by molar-refractivity contribution is -0.134. The van der Waals surface area contributed by atoms with Gasteiger partial charge in [0.25, 0.3) is 5.91 Å². The van der Waals surface area contributed by atoms with Gasteiger partial charge >= 0.3 is 0 Å². The van der Waals surface area contributed by atoms with Gasteiger partial charge in [0.15, 0.2) is 6.61 Å². The van der Waals surface area contributed by atoms with Crippen LogP contribution < -0.4 is 4.74 Å². The maximum absolute atomic E-state index is 12.6. The zero-order valence-corrected chi connectivity index (χ0v) is 16.7. The van der Waals surface area contributed by atoms with Gasteiger partial charge in [-0.05, 0) is 18.4 Å². The van der Waals surface area contributed by atoms with Crippen molar-refractivity contribution in [1.82, 2.24) is 9.88 Å². The van der Waals surface area contributed by atoms with Gasteiger partial charge in [-0.3, -0.25) is 4.79 Å². The number of hydrogen-bond acceptors (Lipinski definition) is 7. The lowest BCUT2D eigenvalue weighted by Gasteiger charge is -2.22. The summed E-state index contributed by atoms with van der Waals surface area (Å²) in [6, 6.07) is 4.00. The lowest BCUT2D eigenvalue weighted by Crippen LogP contribution is -2.39. The minimum Gasteiger partial charge on any atom is -0.483 e. The van der Waals surface area contributed by atoms with Gasteiger partial charge in [0.1, 0.15) is 5.75 Å². The van der Waals surface area contributed by atoms with Crippen LogP contribution in [-0.2, 0) is 14.3 Å². The Labute approximate surface area is 160 Å². The van der Waals surface area contributed by atoms with Crippen molar-refractivity contribution in [2.24, 2.45) is 0 Å². The molecule has 0 spiro atoms. The second-order valence-electron chi connectivity index (χ2n) is 5.77. The van der Waals surface area contributed by atoms with Crippen LogP contribution in [0.4, 0.5) is 0 Å². The predicted molar refractivity (Wildman–Crippen MR) is 106 cm³/mol. The van der Waals surface area contributed by atoms with Gasteiger partial charge in [-0.1, -0.05) is 0 Å². The van der Waals surface area contributed by atoms with Crippen molar-refractivity contribution >= 4 is 48.9 Å². The molecule has 0 fully saturated rings. The predicted octanol–water partition coefficient (Wildman–Crippen LogP) is 3.32. The maximum Gasteiger partial charge on any atom is 0.260 e. The van der Waals surface area contributed by atoms with Crippen LogP contribution in [0.5, 0.6) is 5.75 Å². The normalized spacial score (nSPS) is 11.3. The number of fused-ring (bicyclic) bond motifs is 3. The molecule has 140 valence electrons. The van der Waals surface area contributed by atoms with Crippen LogP contribution in [0, 0.1) is 6.92 Å². The van der Waals surface area contributed by atoms with E-state index in [4.69, 9.17) is 14.2 Å². The first-order valence-electron chi connectivity index (χ1n) is 8.30.